The molecule has 2 amide bonds. The molecule has 8 rings (SSSR count). The molecule has 0 bridgehead atoms. The van der Waals surface area contributed by atoms with Gasteiger partial charge >= 0.3 is 23.9 Å². The molecule has 18 heteroatoms. The van der Waals surface area contributed by atoms with Crippen LogP contribution in [-0.2, 0) is 51.0 Å². The fourth-order valence-corrected chi connectivity index (χ4v) is 10.4. The lowest BCUT2D eigenvalue weighted by atomic mass is 9.93. The van der Waals surface area contributed by atoms with Gasteiger partial charge in [-0.1, -0.05) is 36.4 Å². The second-order valence-electron chi connectivity index (χ2n) is 15.3. The standard InChI is InChI=1S/C43H41FN4O11S2/c1-22-10-11-28-35-29(37(51)30(41(53)54)19-47(22)35)18-31(44)36(28)46-14-12-26(13-15-46)58-43(56)38(24-7-4-3-5-8-24)59-42(55)34-25(20-57-23(2)49)21-61-40-33(39(52)48(34)40)45-32(50)17-27-9-6-16-60-27/h3-9,16,18-19,22,26,33,38,40H,10-15,17,20-21H2,1-2H3,(H,45,50)(H,53,54)/t22?,33-,38?,40+/m0/s1. The van der Waals surface area contributed by atoms with E-state index >= 15 is 4.39 Å². The first-order valence-corrected chi connectivity index (χ1v) is 21.7. The summed E-state index contributed by atoms with van der Waals surface area (Å²) < 4.78 is 34.8. The third-order valence-corrected chi connectivity index (χ3v) is 13.6. The number of hydrogen-bond acceptors (Lipinski definition) is 13. The lowest BCUT2D eigenvalue weighted by Crippen LogP contribution is -2.70. The van der Waals surface area contributed by atoms with Gasteiger partial charge in [-0.05, 0) is 37.3 Å². The van der Waals surface area contributed by atoms with Crippen LogP contribution in [0.5, 0.6) is 0 Å². The van der Waals surface area contributed by atoms with Gasteiger partial charge < -0.3 is 34.1 Å². The Balaban J connectivity index is 0.991. The van der Waals surface area contributed by atoms with Crippen LogP contribution in [0.25, 0.3) is 10.9 Å². The first-order valence-electron chi connectivity index (χ1n) is 19.8. The first kappa shape index (κ1) is 41.7. The maximum absolute atomic E-state index is 16.0. The lowest BCUT2D eigenvalue weighted by Gasteiger charge is -2.49. The molecule has 4 aliphatic heterocycles. The van der Waals surface area contributed by atoms with E-state index in [-0.39, 0.29) is 67.7 Å². The minimum atomic E-state index is -1.56. The molecule has 4 aromatic rings. The van der Waals surface area contributed by atoms with Crippen LogP contribution in [-0.4, -0.2) is 93.2 Å². The van der Waals surface area contributed by atoms with Crippen LogP contribution in [0, 0.1) is 5.82 Å². The fourth-order valence-electron chi connectivity index (χ4n) is 8.36. The van der Waals surface area contributed by atoms with Crippen molar-refractivity contribution in [3.63, 3.8) is 0 Å². The summed E-state index contributed by atoms with van der Waals surface area (Å²) in [5, 5.41) is 13.6. The van der Waals surface area contributed by atoms with Gasteiger partial charge in [-0.3, -0.25) is 24.1 Å². The third kappa shape index (κ3) is 8.13. The minimum Gasteiger partial charge on any atom is -0.477 e. The summed E-state index contributed by atoms with van der Waals surface area (Å²) in [5.74, 6) is -5.26. The molecule has 0 spiro atoms. The number of thioether (sulfide) groups is 1. The lowest BCUT2D eigenvalue weighted by molar-refractivity contribution is -0.172. The molecule has 0 aliphatic carbocycles. The number of carbonyl (C=O) groups excluding carboxylic acids is 5. The van der Waals surface area contributed by atoms with Crippen LogP contribution in [0.2, 0.25) is 0 Å². The second kappa shape index (κ2) is 17.2. The van der Waals surface area contributed by atoms with Gasteiger partial charge in [-0.2, -0.15) is 0 Å². The monoisotopic (exact) mass is 872 g/mol. The Labute approximate surface area is 356 Å². The van der Waals surface area contributed by atoms with Gasteiger partial charge in [0.15, 0.2) is 0 Å². The van der Waals surface area contributed by atoms with E-state index in [0.717, 1.165) is 10.9 Å². The molecule has 15 nitrogen and oxygen atoms in total. The van der Waals surface area contributed by atoms with Gasteiger partial charge in [0, 0.05) is 77.8 Å². The van der Waals surface area contributed by atoms with E-state index < -0.39 is 70.2 Å². The molecule has 2 N–H and O–H groups in total. The zero-order valence-corrected chi connectivity index (χ0v) is 34.7. The Morgan fingerprint density at radius 3 is 2.48 bits per heavy atom. The van der Waals surface area contributed by atoms with Crippen LogP contribution >= 0.6 is 23.1 Å². The predicted octanol–water partition coefficient (Wildman–Crippen LogP) is 4.66. The van der Waals surface area contributed by atoms with Crippen molar-refractivity contribution in [1.82, 2.24) is 14.8 Å². The number of thiophene rings is 1. The minimum absolute atomic E-state index is 0.0136. The number of β-lactam (4-membered cyclic amide) rings is 1. The summed E-state index contributed by atoms with van der Waals surface area (Å²) in [6.45, 7) is 3.38. The largest absolute Gasteiger partial charge is 0.477 e. The number of amides is 2. The molecule has 2 fully saturated rings. The van der Waals surface area contributed by atoms with Crippen molar-refractivity contribution in [2.24, 2.45) is 0 Å². The topological polar surface area (TPSA) is 191 Å². The number of aromatic carboxylic acids is 1. The summed E-state index contributed by atoms with van der Waals surface area (Å²) >= 11 is 2.70. The number of benzene rings is 2. The second-order valence-corrected chi connectivity index (χ2v) is 17.5. The molecule has 0 radical (unpaired) electrons. The molecular weight excluding hydrogens is 832 g/mol. The molecular formula is C43H41FN4O11S2. The molecule has 2 aromatic carbocycles. The summed E-state index contributed by atoms with van der Waals surface area (Å²) in [4.78, 5) is 95.3. The molecule has 2 unspecified atom stereocenters. The number of rotatable bonds is 12. The summed E-state index contributed by atoms with van der Waals surface area (Å²) in [7, 11) is 0. The highest BCUT2D eigenvalue weighted by Gasteiger charge is 2.55. The summed E-state index contributed by atoms with van der Waals surface area (Å²) in [6, 6.07) is 12.0. The van der Waals surface area contributed by atoms with E-state index in [1.54, 1.807) is 34.9 Å². The molecule has 2 aromatic heterocycles. The van der Waals surface area contributed by atoms with Crippen LogP contribution in [0.4, 0.5) is 10.1 Å². The Hall–Kier alpha value is -6.01. The number of carboxylic acids is 1. The fraction of sp³-hybridized carbons (Fsp3) is 0.372. The third-order valence-electron chi connectivity index (χ3n) is 11.4. The number of ether oxygens (including phenoxy) is 3. The van der Waals surface area contributed by atoms with Crippen molar-refractivity contribution in [3.8, 4) is 0 Å². The molecule has 318 valence electrons. The average Bonchev–Trinajstić information content (AvgIpc) is 3.76. The molecule has 0 saturated carbocycles. The van der Waals surface area contributed by atoms with Crippen molar-refractivity contribution in [3.05, 3.63) is 109 Å². The maximum Gasteiger partial charge on any atom is 0.356 e. The Kier molecular flexibility index (Phi) is 11.7. The summed E-state index contributed by atoms with van der Waals surface area (Å²) in [6.07, 6.45) is 0.874. The van der Waals surface area contributed by atoms with E-state index in [0.29, 0.717) is 40.7 Å². The highest BCUT2D eigenvalue weighted by atomic mass is 32.2. The number of aromatic nitrogens is 1. The van der Waals surface area contributed by atoms with Crippen LogP contribution in [0.15, 0.2) is 76.2 Å². The Morgan fingerprint density at radius 1 is 1.03 bits per heavy atom. The SMILES string of the molecule is CC(=O)OCC1=C(C(=O)OC(C(=O)OC2CCN(c3c(F)cc4c(=O)c(C(=O)O)cn5c4c3CCC5C)CC2)c2ccccc2)N2C(=O)[C@H](NC(=O)Cc3cccs3)[C@H]2SC1. The molecule has 61 heavy (non-hydrogen) atoms. The summed E-state index contributed by atoms with van der Waals surface area (Å²) in [5.41, 5.74) is 0.703. The van der Waals surface area contributed by atoms with Gasteiger partial charge in [0.25, 0.3) is 5.91 Å². The smallest absolute Gasteiger partial charge is 0.356 e. The van der Waals surface area contributed by atoms with Crippen molar-refractivity contribution >= 4 is 75.4 Å². The van der Waals surface area contributed by atoms with Crippen molar-refractivity contribution in [2.45, 2.75) is 75.6 Å². The molecule has 4 atom stereocenters. The number of nitrogens with zero attached hydrogens (tertiary/aromatic N) is 3. The average molecular weight is 873 g/mol. The van der Waals surface area contributed by atoms with Crippen LogP contribution < -0.4 is 15.6 Å². The zero-order valence-electron chi connectivity index (χ0n) is 33.1. The van der Waals surface area contributed by atoms with E-state index in [9.17, 15) is 38.7 Å². The van der Waals surface area contributed by atoms with Crippen molar-refractivity contribution < 1.29 is 52.5 Å². The zero-order chi connectivity index (χ0) is 43.1. The number of aryl methyl sites for hydroxylation is 1. The Morgan fingerprint density at radius 2 is 1.79 bits per heavy atom. The van der Waals surface area contributed by atoms with E-state index in [1.807, 2.05) is 29.3 Å². The number of fused-ring (bicyclic) bond motifs is 1. The van der Waals surface area contributed by atoms with Gasteiger partial charge in [-0.25, -0.2) is 18.8 Å². The molecule has 2 saturated heterocycles. The number of carbonyl (C=O) groups is 6. The Bertz CT molecular complexity index is 2540. The number of halogens is 1. The van der Waals surface area contributed by atoms with Gasteiger partial charge in [-0.15, -0.1) is 23.1 Å². The van der Waals surface area contributed by atoms with Crippen molar-refractivity contribution in [1.29, 1.82) is 0 Å². The molecule has 6 heterocycles. The number of pyridine rings is 1. The van der Waals surface area contributed by atoms with E-state index in [2.05, 4.69) is 5.32 Å². The number of hydrogen-bond donors (Lipinski definition) is 2. The van der Waals surface area contributed by atoms with E-state index in [1.165, 1.54) is 41.1 Å². The van der Waals surface area contributed by atoms with Gasteiger partial charge in [0.2, 0.25) is 17.4 Å². The van der Waals surface area contributed by atoms with Gasteiger partial charge in [0.05, 0.1) is 17.6 Å². The van der Waals surface area contributed by atoms with Gasteiger partial charge in [0.1, 0.15) is 41.2 Å². The van der Waals surface area contributed by atoms with E-state index in [4.69, 9.17) is 14.2 Å². The predicted molar refractivity (Wildman–Crippen MR) is 221 cm³/mol. The highest BCUT2D eigenvalue weighted by molar-refractivity contribution is 8.00. The number of anilines is 1. The number of carboxylic acid groups (broad SMARTS) is 1. The number of nitrogens with one attached hydrogen (secondary N) is 1. The first-order chi connectivity index (χ1) is 29.3. The number of esters is 3. The maximum atomic E-state index is 16.0. The quantitative estimate of drug-likeness (QED) is 0.114. The molecule has 4 aliphatic rings. The van der Waals surface area contributed by atoms with Crippen LogP contribution in [0.3, 0.4) is 0 Å². The normalized spacial score (nSPS) is 20.4. The van der Waals surface area contributed by atoms with Crippen molar-refractivity contribution in [2.75, 3.05) is 30.3 Å². The highest BCUT2D eigenvalue weighted by Crippen LogP contribution is 2.42. The van der Waals surface area contributed by atoms with Crippen LogP contribution in [0.1, 0.15) is 71.6 Å². The number of piperidine rings is 1.